The van der Waals surface area contributed by atoms with E-state index in [0.29, 0.717) is 13.0 Å². The summed E-state index contributed by atoms with van der Waals surface area (Å²) in [5, 5.41) is 8.75. The van der Waals surface area contributed by atoms with Crippen molar-refractivity contribution in [3.8, 4) is 5.75 Å². The third kappa shape index (κ3) is 3.42. The number of carboxylic acid groups (broad SMARTS) is 1. The van der Waals surface area contributed by atoms with Crippen molar-refractivity contribution < 1.29 is 14.6 Å². The van der Waals surface area contributed by atoms with Crippen LogP contribution in [0.2, 0.25) is 0 Å². The number of benzene rings is 1. The smallest absolute Gasteiger partial charge is 0.303 e. The first-order valence-electron chi connectivity index (χ1n) is 7.10. The Labute approximate surface area is 119 Å². The van der Waals surface area contributed by atoms with Crippen molar-refractivity contribution in [2.45, 2.75) is 38.8 Å². The summed E-state index contributed by atoms with van der Waals surface area (Å²) in [6.07, 6.45) is 1.93. The summed E-state index contributed by atoms with van der Waals surface area (Å²) >= 11 is 0. The molecule has 1 aromatic rings. The van der Waals surface area contributed by atoms with E-state index in [2.05, 4.69) is 11.8 Å². The van der Waals surface area contributed by atoms with Crippen LogP contribution < -0.4 is 15.4 Å². The number of hydrogen-bond donors (Lipinski definition) is 2. The molecule has 110 valence electrons. The van der Waals surface area contributed by atoms with Crippen molar-refractivity contribution >= 4 is 11.7 Å². The minimum atomic E-state index is -0.746. The van der Waals surface area contributed by atoms with Crippen LogP contribution in [0.15, 0.2) is 18.2 Å². The fourth-order valence-corrected chi connectivity index (χ4v) is 2.45. The molecule has 3 N–H and O–H groups in total. The maximum Gasteiger partial charge on any atom is 0.303 e. The van der Waals surface area contributed by atoms with Gasteiger partial charge in [-0.05, 0) is 30.5 Å². The molecule has 0 spiro atoms. The molecule has 0 saturated heterocycles. The number of ether oxygens (including phenoxy) is 1. The van der Waals surface area contributed by atoms with E-state index in [9.17, 15) is 4.79 Å². The van der Waals surface area contributed by atoms with Gasteiger partial charge in [-0.2, -0.15) is 0 Å². The minimum Gasteiger partial charge on any atom is -0.486 e. The predicted octanol–water partition coefficient (Wildman–Crippen LogP) is 1.99. The number of nitrogens with two attached hydrogens (primary N) is 1. The molecule has 0 bridgehead atoms. The van der Waals surface area contributed by atoms with Gasteiger partial charge in [0, 0.05) is 19.5 Å². The number of aliphatic carboxylic acids is 1. The summed E-state index contributed by atoms with van der Waals surface area (Å²) in [6.45, 7) is 4.14. The molecule has 1 aliphatic rings. The predicted molar refractivity (Wildman–Crippen MR) is 78.1 cm³/mol. The summed E-state index contributed by atoms with van der Waals surface area (Å²) in [5.74, 6) is 0.116. The first kappa shape index (κ1) is 14.7. The van der Waals surface area contributed by atoms with Crippen LogP contribution in [-0.2, 0) is 11.3 Å². The van der Waals surface area contributed by atoms with E-state index in [4.69, 9.17) is 15.6 Å². The van der Waals surface area contributed by atoms with E-state index in [1.807, 2.05) is 18.2 Å². The van der Waals surface area contributed by atoms with Crippen LogP contribution in [0.4, 0.5) is 5.69 Å². The summed E-state index contributed by atoms with van der Waals surface area (Å²) in [7, 11) is 0. The Bertz CT molecular complexity index is 476. The van der Waals surface area contributed by atoms with Gasteiger partial charge in [-0.3, -0.25) is 4.79 Å². The van der Waals surface area contributed by atoms with Crippen LogP contribution in [0.25, 0.3) is 0 Å². The molecule has 1 heterocycles. The number of anilines is 1. The van der Waals surface area contributed by atoms with E-state index in [0.717, 1.165) is 36.5 Å². The highest BCUT2D eigenvalue weighted by Crippen LogP contribution is 2.35. The molecule has 1 aromatic carbocycles. The minimum absolute atomic E-state index is 0.153. The van der Waals surface area contributed by atoms with Crippen molar-refractivity contribution in [2.24, 2.45) is 5.73 Å². The van der Waals surface area contributed by atoms with Crippen LogP contribution in [-0.4, -0.2) is 30.3 Å². The monoisotopic (exact) mass is 278 g/mol. The molecule has 1 unspecified atom stereocenters. The lowest BCUT2D eigenvalue weighted by Gasteiger charge is -2.36. The Balaban J connectivity index is 2.14. The number of carbonyl (C=O) groups is 1. The van der Waals surface area contributed by atoms with Crippen molar-refractivity contribution in [3.63, 3.8) is 0 Å². The second-order valence-corrected chi connectivity index (χ2v) is 5.10. The molecule has 0 amide bonds. The zero-order chi connectivity index (χ0) is 14.5. The Kier molecular flexibility index (Phi) is 4.84. The van der Waals surface area contributed by atoms with Crippen LogP contribution >= 0.6 is 0 Å². The largest absolute Gasteiger partial charge is 0.486 e. The van der Waals surface area contributed by atoms with Crippen LogP contribution in [0.3, 0.4) is 0 Å². The van der Waals surface area contributed by atoms with Crippen molar-refractivity contribution in [1.82, 2.24) is 0 Å². The van der Waals surface area contributed by atoms with Crippen molar-refractivity contribution in [2.75, 3.05) is 18.0 Å². The fourth-order valence-electron chi connectivity index (χ4n) is 2.45. The maximum absolute atomic E-state index is 10.6. The number of rotatable bonds is 6. The van der Waals surface area contributed by atoms with Gasteiger partial charge in [-0.25, -0.2) is 0 Å². The van der Waals surface area contributed by atoms with Gasteiger partial charge in [0.1, 0.15) is 11.9 Å². The molecule has 1 atom stereocenters. The number of fused-ring (bicyclic) bond motifs is 1. The zero-order valence-corrected chi connectivity index (χ0v) is 11.8. The molecule has 0 saturated carbocycles. The standard InChI is InChI=1S/C15H22N2O3/c1-2-12-10-17(7-3-4-15(18)19)13-6-5-11(9-16)8-14(13)20-12/h5-6,8,12H,2-4,7,9-10,16H2,1H3,(H,18,19). The van der Waals surface area contributed by atoms with Crippen molar-refractivity contribution in [3.05, 3.63) is 23.8 Å². The van der Waals surface area contributed by atoms with E-state index >= 15 is 0 Å². The second-order valence-electron chi connectivity index (χ2n) is 5.10. The average Bonchev–Trinajstić information content (AvgIpc) is 2.45. The lowest BCUT2D eigenvalue weighted by molar-refractivity contribution is -0.137. The first-order chi connectivity index (χ1) is 9.63. The third-order valence-electron chi connectivity index (χ3n) is 3.59. The first-order valence-corrected chi connectivity index (χ1v) is 7.10. The molecular formula is C15H22N2O3. The molecule has 1 aliphatic heterocycles. The zero-order valence-electron chi connectivity index (χ0n) is 11.8. The van der Waals surface area contributed by atoms with Gasteiger partial charge < -0.3 is 20.5 Å². The summed E-state index contributed by atoms with van der Waals surface area (Å²) in [6, 6.07) is 6.00. The molecule has 0 radical (unpaired) electrons. The quantitative estimate of drug-likeness (QED) is 0.832. The molecule has 0 fully saturated rings. The molecule has 0 aromatic heterocycles. The number of nitrogens with zero attached hydrogens (tertiary/aromatic N) is 1. The van der Waals surface area contributed by atoms with Gasteiger partial charge in [-0.15, -0.1) is 0 Å². The molecule has 5 nitrogen and oxygen atoms in total. The Morgan fingerprint density at radius 1 is 1.55 bits per heavy atom. The summed E-state index contributed by atoms with van der Waals surface area (Å²) in [4.78, 5) is 12.9. The van der Waals surface area contributed by atoms with Crippen LogP contribution in [0.5, 0.6) is 5.75 Å². The molecule has 0 aliphatic carbocycles. The summed E-state index contributed by atoms with van der Waals surface area (Å²) in [5.41, 5.74) is 7.75. The van der Waals surface area contributed by atoms with Crippen LogP contribution in [0.1, 0.15) is 31.7 Å². The molecular weight excluding hydrogens is 256 g/mol. The van der Waals surface area contributed by atoms with Crippen molar-refractivity contribution in [1.29, 1.82) is 0 Å². The SMILES string of the molecule is CCC1CN(CCCC(=O)O)c2ccc(CN)cc2O1. The van der Waals surface area contributed by atoms with Gasteiger partial charge in [0.05, 0.1) is 12.2 Å². The van der Waals surface area contributed by atoms with Gasteiger partial charge in [-0.1, -0.05) is 13.0 Å². The van der Waals surface area contributed by atoms with Gasteiger partial charge >= 0.3 is 5.97 Å². The van der Waals surface area contributed by atoms with E-state index in [-0.39, 0.29) is 12.5 Å². The lowest BCUT2D eigenvalue weighted by atomic mass is 10.1. The molecule has 20 heavy (non-hydrogen) atoms. The average molecular weight is 278 g/mol. The normalized spacial score (nSPS) is 17.5. The van der Waals surface area contributed by atoms with Gasteiger partial charge in [0.25, 0.3) is 0 Å². The Hall–Kier alpha value is -1.75. The van der Waals surface area contributed by atoms with Crippen LogP contribution in [0, 0.1) is 0 Å². The molecule has 2 rings (SSSR count). The fraction of sp³-hybridized carbons (Fsp3) is 0.533. The van der Waals surface area contributed by atoms with Gasteiger partial charge in [0.15, 0.2) is 0 Å². The van der Waals surface area contributed by atoms with E-state index in [1.165, 1.54) is 0 Å². The topological polar surface area (TPSA) is 75.8 Å². The highest BCUT2D eigenvalue weighted by Gasteiger charge is 2.24. The number of hydrogen-bond acceptors (Lipinski definition) is 4. The van der Waals surface area contributed by atoms with E-state index < -0.39 is 5.97 Å². The Morgan fingerprint density at radius 3 is 3.00 bits per heavy atom. The van der Waals surface area contributed by atoms with E-state index in [1.54, 1.807) is 0 Å². The third-order valence-corrected chi connectivity index (χ3v) is 3.59. The van der Waals surface area contributed by atoms with Gasteiger partial charge in [0.2, 0.25) is 0 Å². The highest BCUT2D eigenvalue weighted by molar-refractivity contribution is 5.67. The Morgan fingerprint density at radius 2 is 2.35 bits per heavy atom. The second kappa shape index (κ2) is 6.61. The lowest BCUT2D eigenvalue weighted by Crippen LogP contribution is -2.40. The highest BCUT2D eigenvalue weighted by atomic mass is 16.5. The maximum atomic E-state index is 10.6. The summed E-state index contributed by atoms with van der Waals surface area (Å²) < 4.78 is 5.97. The molecule has 5 heteroatoms. The number of carboxylic acids is 1.